The molecule has 1 aliphatic heterocycles. The van der Waals surface area contributed by atoms with Gasteiger partial charge in [0.05, 0.1) is 16.6 Å². The normalized spacial score (nSPS) is 14.7. The van der Waals surface area contributed by atoms with Gasteiger partial charge in [0, 0.05) is 44.5 Å². The highest BCUT2D eigenvalue weighted by Gasteiger charge is 2.53. The summed E-state index contributed by atoms with van der Waals surface area (Å²) in [6.45, 7) is 0. The lowest BCUT2D eigenvalue weighted by atomic mass is 9.71. The van der Waals surface area contributed by atoms with Gasteiger partial charge in [-0.1, -0.05) is 158 Å². The molecule has 0 bridgehead atoms. The van der Waals surface area contributed by atoms with Crippen molar-refractivity contribution in [3.05, 3.63) is 241 Å². The van der Waals surface area contributed by atoms with E-state index in [1.54, 1.807) is 0 Å². The minimum Gasteiger partial charge on any atom is -0.455 e. The Balaban J connectivity index is 1.01. The number of furan rings is 1. The first kappa shape index (κ1) is 33.1. The fourth-order valence-electron chi connectivity index (χ4n) is 10.4. The molecule has 1 aliphatic carbocycles. The van der Waals surface area contributed by atoms with Crippen molar-refractivity contribution in [1.29, 1.82) is 0 Å². The molecule has 13 rings (SSSR count). The van der Waals surface area contributed by atoms with Gasteiger partial charge in [0.25, 0.3) is 0 Å². The molecule has 0 saturated carbocycles. The fourth-order valence-corrected chi connectivity index (χ4v) is 10.4. The zero-order valence-electron chi connectivity index (χ0n) is 32.6. The average molecular weight is 765 g/mol. The van der Waals surface area contributed by atoms with Crippen LogP contribution < -0.4 is 4.90 Å². The van der Waals surface area contributed by atoms with Crippen molar-refractivity contribution in [2.75, 3.05) is 4.90 Å². The summed E-state index contributed by atoms with van der Waals surface area (Å²) in [4.78, 5) is 2.41. The van der Waals surface area contributed by atoms with Crippen molar-refractivity contribution in [2.45, 2.75) is 5.41 Å². The van der Waals surface area contributed by atoms with Crippen LogP contribution >= 0.6 is 0 Å². The lowest BCUT2D eigenvalue weighted by Gasteiger charge is -2.31. The lowest BCUT2D eigenvalue weighted by Crippen LogP contribution is -2.26. The summed E-state index contributed by atoms with van der Waals surface area (Å²) in [7, 11) is 0. The topological polar surface area (TPSA) is 21.3 Å². The van der Waals surface area contributed by atoms with Gasteiger partial charge >= 0.3 is 0 Å². The number of anilines is 3. The van der Waals surface area contributed by atoms with Crippen molar-refractivity contribution >= 4 is 49.9 Å². The maximum absolute atomic E-state index is 6.47. The lowest BCUT2D eigenvalue weighted by molar-refractivity contribution is 0.670. The third kappa shape index (κ3) is 4.54. The van der Waals surface area contributed by atoms with E-state index in [0.29, 0.717) is 0 Å². The second-order valence-electron chi connectivity index (χ2n) is 16.0. The molecule has 2 aromatic heterocycles. The fraction of sp³-hybridized carbons (Fsp3) is 0.0175. The predicted molar refractivity (Wildman–Crippen MR) is 247 cm³/mol. The van der Waals surface area contributed by atoms with Crippen molar-refractivity contribution in [3.63, 3.8) is 0 Å². The summed E-state index contributed by atoms with van der Waals surface area (Å²) in [5, 5.41) is 3.52. The van der Waals surface area contributed by atoms with Crippen molar-refractivity contribution in [2.24, 2.45) is 0 Å². The van der Waals surface area contributed by atoms with Crippen LogP contribution in [0.5, 0.6) is 0 Å². The first-order valence-corrected chi connectivity index (χ1v) is 20.7. The molecule has 11 aromatic rings. The van der Waals surface area contributed by atoms with Gasteiger partial charge in [0.1, 0.15) is 11.2 Å². The number of fused-ring (bicyclic) bond motifs is 15. The molecule has 1 spiro atoms. The van der Waals surface area contributed by atoms with Gasteiger partial charge in [-0.25, -0.2) is 0 Å². The molecule has 0 radical (unpaired) electrons. The van der Waals surface area contributed by atoms with E-state index in [4.69, 9.17) is 4.42 Å². The highest BCUT2D eigenvalue weighted by Crippen LogP contribution is 2.62. The van der Waals surface area contributed by atoms with Crippen LogP contribution in [-0.2, 0) is 5.41 Å². The van der Waals surface area contributed by atoms with Crippen LogP contribution in [0.25, 0.3) is 71.9 Å². The average Bonchev–Trinajstić information content (AvgIpc) is 4.05. The Bertz CT molecular complexity index is 3480. The summed E-state index contributed by atoms with van der Waals surface area (Å²) < 4.78 is 8.98. The van der Waals surface area contributed by atoms with Gasteiger partial charge in [0.2, 0.25) is 0 Å². The number of nitrogens with zero attached hydrogens (tertiary/aromatic N) is 2. The minimum absolute atomic E-state index is 0.491. The van der Waals surface area contributed by atoms with Crippen molar-refractivity contribution in [3.8, 4) is 39.1 Å². The molecule has 2 aliphatic rings. The van der Waals surface area contributed by atoms with E-state index < -0.39 is 5.41 Å². The molecule has 60 heavy (non-hydrogen) atoms. The van der Waals surface area contributed by atoms with E-state index in [9.17, 15) is 0 Å². The molecule has 0 fully saturated rings. The van der Waals surface area contributed by atoms with Crippen LogP contribution in [0.15, 0.2) is 223 Å². The van der Waals surface area contributed by atoms with E-state index in [1.807, 2.05) is 12.1 Å². The molecule has 0 saturated heterocycles. The zero-order valence-corrected chi connectivity index (χ0v) is 32.6. The van der Waals surface area contributed by atoms with Crippen LogP contribution in [0, 0.1) is 0 Å². The van der Waals surface area contributed by atoms with Crippen LogP contribution in [0.1, 0.15) is 22.4 Å². The molecular formula is C57H36N2O. The molecule has 3 nitrogen and oxygen atoms in total. The van der Waals surface area contributed by atoms with Crippen LogP contribution in [0.2, 0.25) is 0 Å². The van der Waals surface area contributed by atoms with E-state index >= 15 is 0 Å². The molecule has 9 aromatic carbocycles. The largest absolute Gasteiger partial charge is 0.455 e. The minimum atomic E-state index is -0.491. The second-order valence-corrected chi connectivity index (χ2v) is 16.0. The van der Waals surface area contributed by atoms with Gasteiger partial charge in [-0.3, -0.25) is 0 Å². The third-order valence-corrected chi connectivity index (χ3v) is 13.0. The number of hydrogen-bond donors (Lipinski definition) is 0. The van der Waals surface area contributed by atoms with Crippen LogP contribution in [0.3, 0.4) is 0 Å². The summed E-state index contributed by atoms with van der Waals surface area (Å²) in [6.07, 6.45) is 0. The van der Waals surface area contributed by atoms with E-state index in [2.05, 4.69) is 216 Å². The molecule has 1 unspecified atom stereocenters. The first-order chi connectivity index (χ1) is 29.8. The van der Waals surface area contributed by atoms with Gasteiger partial charge in [-0.2, -0.15) is 0 Å². The summed E-state index contributed by atoms with van der Waals surface area (Å²) in [6, 6.07) is 79.7. The second kappa shape index (κ2) is 12.6. The highest BCUT2D eigenvalue weighted by atomic mass is 16.3. The maximum atomic E-state index is 6.47. The summed E-state index contributed by atoms with van der Waals surface area (Å²) >= 11 is 0. The van der Waals surface area contributed by atoms with Crippen molar-refractivity contribution in [1.82, 2.24) is 4.57 Å². The maximum Gasteiger partial charge on any atom is 0.143 e. The molecule has 3 heteroatoms. The number of hydrogen-bond acceptors (Lipinski definition) is 2. The van der Waals surface area contributed by atoms with Gasteiger partial charge in [-0.15, -0.1) is 0 Å². The molecule has 280 valence electrons. The number of benzene rings is 9. The molecule has 1 atom stereocenters. The third-order valence-electron chi connectivity index (χ3n) is 13.0. The zero-order chi connectivity index (χ0) is 39.4. The van der Waals surface area contributed by atoms with Gasteiger partial charge in [-0.05, 0) is 105 Å². The molecular weight excluding hydrogens is 729 g/mol. The number of para-hydroxylation sites is 4. The van der Waals surface area contributed by atoms with E-state index in [1.165, 1.54) is 61.2 Å². The Morgan fingerprint density at radius 2 is 1.02 bits per heavy atom. The Labute approximate surface area is 347 Å². The van der Waals surface area contributed by atoms with Crippen LogP contribution in [0.4, 0.5) is 17.1 Å². The van der Waals surface area contributed by atoms with E-state index in [-0.39, 0.29) is 0 Å². The number of rotatable bonds is 5. The smallest absolute Gasteiger partial charge is 0.143 e. The Kier molecular flexibility index (Phi) is 6.93. The van der Waals surface area contributed by atoms with E-state index in [0.717, 1.165) is 50.1 Å². The Morgan fingerprint density at radius 3 is 1.87 bits per heavy atom. The van der Waals surface area contributed by atoms with Crippen LogP contribution in [-0.4, -0.2) is 4.57 Å². The summed E-state index contributed by atoms with van der Waals surface area (Å²) in [5.74, 6) is 0. The monoisotopic (exact) mass is 764 g/mol. The quantitative estimate of drug-likeness (QED) is 0.174. The Hall–Kier alpha value is -7.88. The highest BCUT2D eigenvalue weighted by molar-refractivity contribution is 6.09. The van der Waals surface area contributed by atoms with Crippen molar-refractivity contribution < 1.29 is 4.42 Å². The predicted octanol–water partition coefficient (Wildman–Crippen LogP) is 15.0. The Morgan fingerprint density at radius 1 is 0.400 bits per heavy atom. The molecule has 3 heterocycles. The molecule has 0 N–H and O–H groups in total. The standard InChI is InChI=1S/C57H36N2O/c1-2-13-37(14-3-1)38-25-29-41(30-26-38)58(42-31-27-39(28-32-42)44-18-12-19-48-47-17-6-11-24-54(47)60-56(44)48)43-33-34-46-45-16-5-7-20-49(45)57(51(46)36-43)50-21-8-10-23-53(50)59-52-22-9-4-15-40(52)35-55(57)59/h1-36H. The molecule has 0 amide bonds. The SMILES string of the molecule is c1ccc(-c2ccc(N(c3ccc(-c4cccc5c4oc4ccccc45)cc3)c3ccc4c(c3)C3(c5ccccc5-4)c4ccccc4-n4c3cc3ccccc34)cc2)cc1. The first-order valence-electron chi connectivity index (χ1n) is 20.7. The van der Waals surface area contributed by atoms with Gasteiger partial charge in [0.15, 0.2) is 0 Å². The van der Waals surface area contributed by atoms with Gasteiger partial charge < -0.3 is 13.9 Å². The number of aromatic nitrogens is 1. The summed E-state index contributed by atoms with van der Waals surface area (Å²) in [5.41, 5.74) is 19.5.